The number of hydrogen-bond donors (Lipinski definition) is 0. The third-order valence-electron chi connectivity index (χ3n) is 10.9. The van der Waals surface area contributed by atoms with Crippen molar-refractivity contribution in [1.29, 1.82) is 0 Å². The minimum atomic E-state index is 0.708. The second kappa shape index (κ2) is 13.1. The van der Waals surface area contributed by atoms with Crippen molar-refractivity contribution >= 4 is 43.6 Å². The Balaban J connectivity index is 1.05. The normalized spacial score (nSPS) is 11.6. The molecular formula is C52H34N4. The minimum Gasteiger partial charge on any atom is -0.309 e. The lowest BCUT2D eigenvalue weighted by Crippen LogP contribution is -1.97. The van der Waals surface area contributed by atoms with Gasteiger partial charge in [-0.2, -0.15) is 0 Å². The van der Waals surface area contributed by atoms with Crippen LogP contribution in [0.4, 0.5) is 0 Å². The zero-order chi connectivity index (χ0) is 37.0. The van der Waals surface area contributed by atoms with Crippen molar-refractivity contribution in [3.05, 3.63) is 206 Å². The molecule has 8 aromatic carbocycles. The number of benzene rings is 8. The molecule has 0 saturated heterocycles. The number of aromatic nitrogens is 4. The van der Waals surface area contributed by atoms with Gasteiger partial charge in [-0.25, -0.2) is 9.97 Å². The Morgan fingerprint density at radius 2 is 0.714 bits per heavy atom. The maximum atomic E-state index is 5.13. The average Bonchev–Trinajstić information content (AvgIpc) is 3.79. The summed E-state index contributed by atoms with van der Waals surface area (Å²) < 4.78 is 4.75. The Morgan fingerprint density at radius 1 is 0.268 bits per heavy atom. The second-order valence-corrected chi connectivity index (χ2v) is 14.2. The van der Waals surface area contributed by atoms with Crippen LogP contribution in [-0.4, -0.2) is 19.1 Å². The summed E-state index contributed by atoms with van der Waals surface area (Å²) in [5.74, 6) is 0.708. The third-order valence-corrected chi connectivity index (χ3v) is 10.9. The summed E-state index contributed by atoms with van der Waals surface area (Å²) in [7, 11) is 0. The summed E-state index contributed by atoms with van der Waals surface area (Å²) in [5.41, 5.74) is 14.2. The van der Waals surface area contributed by atoms with Crippen molar-refractivity contribution in [2.24, 2.45) is 0 Å². The lowest BCUT2D eigenvalue weighted by molar-refractivity contribution is 1.16. The van der Waals surface area contributed by atoms with Gasteiger partial charge in [0.1, 0.15) is 0 Å². The summed E-state index contributed by atoms with van der Waals surface area (Å²) in [6.07, 6.45) is 0. The van der Waals surface area contributed by atoms with E-state index in [0.29, 0.717) is 5.82 Å². The molecule has 0 aliphatic heterocycles. The zero-order valence-corrected chi connectivity index (χ0v) is 30.4. The fraction of sp³-hybridized carbons (Fsp3) is 0. The maximum absolute atomic E-state index is 5.13. The van der Waals surface area contributed by atoms with Crippen molar-refractivity contribution in [3.63, 3.8) is 0 Å². The van der Waals surface area contributed by atoms with E-state index in [1.54, 1.807) is 0 Å². The molecule has 11 rings (SSSR count). The van der Waals surface area contributed by atoms with Gasteiger partial charge in [-0.1, -0.05) is 140 Å². The lowest BCUT2D eigenvalue weighted by atomic mass is 10.0. The highest BCUT2D eigenvalue weighted by molar-refractivity contribution is 6.12. The molecule has 0 aliphatic carbocycles. The van der Waals surface area contributed by atoms with E-state index >= 15 is 0 Å². The van der Waals surface area contributed by atoms with Gasteiger partial charge in [-0.15, -0.1) is 0 Å². The molecule has 0 N–H and O–H groups in total. The molecule has 0 amide bonds. The highest BCUT2D eigenvalue weighted by Gasteiger charge is 2.17. The zero-order valence-electron chi connectivity index (χ0n) is 30.4. The van der Waals surface area contributed by atoms with Crippen LogP contribution >= 0.6 is 0 Å². The molecule has 3 aromatic heterocycles. The van der Waals surface area contributed by atoms with Gasteiger partial charge in [-0.05, 0) is 77.9 Å². The Hall–Kier alpha value is -7.56. The quantitative estimate of drug-likeness (QED) is 0.172. The van der Waals surface area contributed by atoms with Crippen molar-refractivity contribution in [1.82, 2.24) is 19.1 Å². The standard InChI is InChI=1S/C52H34N4/c1-4-15-35(16-5-1)46-34-47(54-52(53-46)36-17-6-2-7-18-36)39-19-14-22-41(31-39)56-49-26-13-11-24-43(49)45-33-38(28-30-51(45)56)37-27-29-50-44(32-37)42-23-10-12-25-48(42)55(50)40-20-8-3-9-21-40/h1-34H. The van der Waals surface area contributed by atoms with Crippen LogP contribution in [0.25, 0.3) is 100 Å². The largest absolute Gasteiger partial charge is 0.309 e. The van der Waals surface area contributed by atoms with Crippen molar-refractivity contribution in [2.75, 3.05) is 0 Å². The Morgan fingerprint density at radius 3 is 1.32 bits per heavy atom. The van der Waals surface area contributed by atoms with Crippen molar-refractivity contribution < 1.29 is 0 Å². The summed E-state index contributed by atoms with van der Waals surface area (Å²) in [5, 5.41) is 4.93. The van der Waals surface area contributed by atoms with Crippen LogP contribution in [0.1, 0.15) is 0 Å². The summed E-state index contributed by atoms with van der Waals surface area (Å²) in [4.78, 5) is 10.1. The first-order chi connectivity index (χ1) is 27.8. The van der Waals surface area contributed by atoms with Crippen LogP contribution in [0.15, 0.2) is 206 Å². The molecule has 0 saturated carbocycles. The summed E-state index contributed by atoms with van der Waals surface area (Å²) >= 11 is 0. The number of para-hydroxylation sites is 3. The van der Waals surface area contributed by atoms with Crippen LogP contribution in [0.5, 0.6) is 0 Å². The first-order valence-electron chi connectivity index (χ1n) is 19.0. The number of rotatable bonds is 6. The van der Waals surface area contributed by atoms with Crippen molar-refractivity contribution in [2.45, 2.75) is 0 Å². The fourth-order valence-electron chi connectivity index (χ4n) is 8.31. The minimum absolute atomic E-state index is 0.708. The van der Waals surface area contributed by atoms with E-state index in [4.69, 9.17) is 9.97 Å². The number of fused-ring (bicyclic) bond motifs is 6. The third kappa shape index (κ3) is 5.31. The van der Waals surface area contributed by atoms with Gasteiger partial charge < -0.3 is 9.13 Å². The smallest absolute Gasteiger partial charge is 0.160 e. The molecule has 0 spiro atoms. The van der Waals surface area contributed by atoms with Crippen LogP contribution in [-0.2, 0) is 0 Å². The van der Waals surface area contributed by atoms with Crippen LogP contribution in [0.2, 0.25) is 0 Å². The highest BCUT2D eigenvalue weighted by Crippen LogP contribution is 2.39. The Labute approximate surface area is 324 Å². The number of nitrogens with zero attached hydrogens (tertiary/aromatic N) is 4. The van der Waals surface area contributed by atoms with Gasteiger partial charge in [0, 0.05) is 49.6 Å². The molecular weight excluding hydrogens is 681 g/mol. The monoisotopic (exact) mass is 714 g/mol. The molecule has 0 radical (unpaired) electrons. The molecule has 4 nitrogen and oxygen atoms in total. The molecule has 0 unspecified atom stereocenters. The molecule has 4 heteroatoms. The first kappa shape index (κ1) is 31.9. The van der Waals surface area contributed by atoms with E-state index in [-0.39, 0.29) is 0 Å². The maximum Gasteiger partial charge on any atom is 0.160 e. The molecule has 0 aliphatic rings. The molecule has 0 bridgehead atoms. The predicted molar refractivity (Wildman–Crippen MR) is 232 cm³/mol. The van der Waals surface area contributed by atoms with E-state index in [2.05, 4.69) is 191 Å². The van der Waals surface area contributed by atoms with E-state index in [1.165, 1.54) is 43.7 Å². The number of hydrogen-bond acceptors (Lipinski definition) is 2. The Kier molecular flexibility index (Phi) is 7.46. The fourth-order valence-corrected chi connectivity index (χ4v) is 8.31. The van der Waals surface area contributed by atoms with Crippen LogP contribution in [0.3, 0.4) is 0 Å². The highest BCUT2D eigenvalue weighted by atomic mass is 15.0. The van der Waals surface area contributed by atoms with Gasteiger partial charge in [0.15, 0.2) is 5.82 Å². The van der Waals surface area contributed by atoms with Gasteiger partial charge in [0.05, 0.1) is 33.5 Å². The first-order valence-corrected chi connectivity index (χ1v) is 19.0. The van der Waals surface area contributed by atoms with Gasteiger partial charge in [0.2, 0.25) is 0 Å². The molecule has 262 valence electrons. The van der Waals surface area contributed by atoms with E-state index in [0.717, 1.165) is 50.5 Å². The molecule has 56 heavy (non-hydrogen) atoms. The van der Waals surface area contributed by atoms with E-state index in [9.17, 15) is 0 Å². The predicted octanol–water partition coefficient (Wildman–Crippen LogP) is 13.3. The van der Waals surface area contributed by atoms with Gasteiger partial charge in [-0.3, -0.25) is 0 Å². The Bertz CT molecular complexity index is 3170. The molecule has 11 aromatic rings. The van der Waals surface area contributed by atoms with Gasteiger partial charge in [0.25, 0.3) is 0 Å². The van der Waals surface area contributed by atoms with Crippen molar-refractivity contribution in [3.8, 4) is 56.4 Å². The summed E-state index contributed by atoms with van der Waals surface area (Å²) in [6, 6.07) is 73.2. The van der Waals surface area contributed by atoms with E-state index < -0.39 is 0 Å². The van der Waals surface area contributed by atoms with Gasteiger partial charge >= 0.3 is 0 Å². The van der Waals surface area contributed by atoms with E-state index in [1.807, 2.05) is 24.3 Å². The molecule has 0 atom stereocenters. The molecule has 0 fully saturated rings. The summed E-state index contributed by atoms with van der Waals surface area (Å²) in [6.45, 7) is 0. The average molecular weight is 715 g/mol. The SMILES string of the molecule is c1ccc(-c2cc(-c3cccc(-n4c5ccccc5c5cc(-c6ccc7c(c6)c6ccccc6n7-c6ccccc6)ccc54)c3)nc(-c3ccccc3)n2)cc1. The van der Waals surface area contributed by atoms with Crippen LogP contribution in [0, 0.1) is 0 Å². The van der Waals surface area contributed by atoms with Crippen LogP contribution < -0.4 is 0 Å². The lowest BCUT2D eigenvalue weighted by Gasteiger charge is -2.12. The molecule has 3 heterocycles. The second-order valence-electron chi connectivity index (χ2n) is 14.2. The topological polar surface area (TPSA) is 35.6 Å².